The highest BCUT2D eigenvalue weighted by Crippen LogP contribution is 2.34. The van der Waals surface area contributed by atoms with Gasteiger partial charge in [0.15, 0.2) is 0 Å². The van der Waals surface area contributed by atoms with Crippen molar-refractivity contribution in [3.05, 3.63) is 29.3 Å². The topological polar surface area (TPSA) is 105 Å². The largest absolute Gasteiger partial charge is 0.444 e. The lowest BCUT2D eigenvalue weighted by Crippen LogP contribution is -2.50. The highest BCUT2D eigenvalue weighted by molar-refractivity contribution is 6.00. The molecule has 1 atom stereocenters. The zero-order chi connectivity index (χ0) is 23.8. The first-order valence-corrected chi connectivity index (χ1v) is 11.5. The summed E-state index contributed by atoms with van der Waals surface area (Å²) in [5, 5.41) is 2.40. The van der Waals surface area contributed by atoms with E-state index in [1.807, 2.05) is 37.8 Å². The van der Waals surface area contributed by atoms with Crippen molar-refractivity contribution < 1.29 is 28.7 Å². The SMILES string of the molecule is CC(C)(C)OC(=O)N1CCC(C(=O)Oc2cccc3c2CN(C2CCC(=O)NC2=O)C3)CC1. The van der Waals surface area contributed by atoms with Gasteiger partial charge in [-0.25, -0.2) is 4.79 Å². The summed E-state index contributed by atoms with van der Waals surface area (Å²) in [6.45, 7) is 7.44. The molecule has 0 saturated carbocycles. The van der Waals surface area contributed by atoms with Crippen LogP contribution in [-0.2, 0) is 32.2 Å². The lowest BCUT2D eigenvalue weighted by molar-refractivity contribution is -0.141. The number of hydrogen-bond acceptors (Lipinski definition) is 7. The standard InChI is InChI=1S/C24H31N3O6/c1-24(2,3)33-23(31)26-11-9-15(10-12-26)22(30)32-19-6-4-5-16-13-27(14-17(16)19)18-7-8-20(28)25-21(18)29/h4-6,15,18H,7-14H2,1-3H3,(H,25,28,29). The summed E-state index contributed by atoms with van der Waals surface area (Å²) in [5.74, 6) is -0.574. The molecule has 33 heavy (non-hydrogen) atoms. The van der Waals surface area contributed by atoms with E-state index in [0.29, 0.717) is 57.6 Å². The van der Waals surface area contributed by atoms with E-state index in [2.05, 4.69) is 5.32 Å². The van der Waals surface area contributed by atoms with Crippen molar-refractivity contribution in [2.24, 2.45) is 5.92 Å². The van der Waals surface area contributed by atoms with E-state index in [1.54, 1.807) is 11.0 Å². The van der Waals surface area contributed by atoms with Crippen LogP contribution >= 0.6 is 0 Å². The molecule has 3 aliphatic heterocycles. The molecule has 1 aromatic carbocycles. The molecule has 1 aromatic rings. The van der Waals surface area contributed by atoms with Crippen molar-refractivity contribution in [2.75, 3.05) is 13.1 Å². The van der Waals surface area contributed by atoms with Gasteiger partial charge < -0.3 is 14.4 Å². The molecule has 0 aliphatic carbocycles. The minimum absolute atomic E-state index is 0.236. The van der Waals surface area contributed by atoms with Gasteiger partial charge in [-0.2, -0.15) is 0 Å². The number of rotatable bonds is 3. The predicted molar refractivity (Wildman–Crippen MR) is 118 cm³/mol. The Morgan fingerprint density at radius 1 is 1.06 bits per heavy atom. The third-order valence-electron chi connectivity index (χ3n) is 6.31. The number of carbonyl (C=O) groups is 4. The molecule has 0 spiro atoms. The van der Waals surface area contributed by atoms with Gasteiger partial charge in [-0.05, 0) is 51.7 Å². The van der Waals surface area contributed by atoms with Gasteiger partial charge in [0.1, 0.15) is 11.4 Å². The number of esters is 1. The van der Waals surface area contributed by atoms with Gasteiger partial charge in [0.05, 0.1) is 12.0 Å². The van der Waals surface area contributed by atoms with Crippen LogP contribution in [-0.4, -0.2) is 58.4 Å². The summed E-state index contributed by atoms with van der Waals surface area (Å²) in [6.07, 6.45) is 1.51. The van der Waals surface area contributed by atoms with E-state index >= 15 is 0 Å². The van der Waals surface area contributed by atoms with Crippen LogP contribution in [0.2, 0.25) is 0 Å². The molecular formula is C24H31N3O6. The fraction of sp³-hybridized carbons (Fsp3) is 0.583. The summed E-state index contributed by atoms with van der Waals surface area (Å²) in [7, 11) is 0. The van der Waals surface area contributed by atoms with Crippen molar-refractivity contribution in [3.8, 4) is 5.75 Å². The molecule has 1 unspecified atom stereocenters. The summed E-state index contributed by atoms with van der Waals surface area (Å²) in [6, 6.07) is 5.23. The average molecular weight is 458 g/mol. The molecule has 0 aromatic heterocycles. The van der Waals surface area contributed by atoms with Crippen LogP contribution in [0.5, 0.6) is 5.75 Å². The number of imide groups is 1. The van der Waals surface area contributed by atoms with Crippen molar-refractivity contribution in [1.82, 2.24) is 15.1 Å². The third-order valence-corrected chi connectivity index (χ3v) is 6.31. The number of fused-ring (bicyclic) bond motifs is 1. The van der Waals surface area contributed by atoms with Gasteiger partial charge in [0.25, 0.3) is 0 Å². The number of nitrogens with zero attached hydrogens (tertiary/aromatic N) is 2. The van der Waals surface area contributed by atoms with Crippen LogP contribution < -0.4 is 10.1 Å². The third kappa shape index (κ3) is 5.35. The molecule has 1 N–H and O–H groups in total. The molecule has 178 valence electrons. The summed E-state index contributed by atoms with van der Waals surface area (Å²) in [4.78, 5) is 52.5. The summed E-state index contributed by atoms with van der Waals surface area (Å²) >= 11 is 0. The number of hydrogen-bond donors (Lipinski definition) is 1. The quantitative estimate of drug-likeness (QED) is 0.422. The van der Waals surface area contributed by atoms with E-state index in [9.17, 15) is 19.2 Å². The van der Waals surface area contributed by atoms with Crippen LogP contribution in [0.15, 0.2) is 18.2 Å². The second-order valence-corrected chi connectivity index (χ2v) is 9.93. The maximum atomic E-state index is 12.9. The zero-order valence-corrected chi connectivity index (χ0v) is 19.4. The van der Waals surface area contributed by atoms with E-state index in [1.165, 1.54) is 0 Å². The Hall–Kier alpha value is -2.94. The normalized spacial score (nSPS) is 22.0. The average Bonchev–Trinajstić information content (AvgIpc) is 3.17. The Balaban J connectivity index is 1.35. The molecule has 3 amide bonds. The molecule has 0 bridgehead atoms. The maximum Gasteiger partial charge on any atom is 0.410 e. The van der Waals surface area contributed by atoms with Gasteiger partial charge in [-0.1, -0.05) is 12.1 Å². The number of ether oxygens (including phenoxy) is 2. The number of piperidine rings is 2. The first kappa shape index (κ1) is 23.2. The molecule has 3 aliphatic rings. The van der Waals surface area contributed by atoms with Crippen molar-refractivity contribution in [3.63, 3.8) is 0 Å². The first-order chi connectivity index (χ1) is 15.6. The van der Waals surface area contributed by atoms with Crippen LogP contribution in [0.1, 0.15) is 57.6 Å². The predicted octanol–water partition coefficient (Wildman–Crippen LogP) is 2.36. The van der Waals surface area contributed by atoms with Crippen LogP contribution in [0.25, 0.3) is 0 Å². The Kier molecular flexibility index (Phi) is 6.43. The molecule has 3 heterocycles. The molecule has 2 fully saturated rings. The number of nitrogens with one attached hydrogen (secondary N) is 1. The molecule has 0 radical (unpaired) electrons. The van der Waals surface area contributed by atoms with E-state index in [-0.39, 0.29) is 35.8 Å². The fourth-order valence-corrected chi connectivity index (χ4v) is 4.58. The molecule has 4 rings (SSSR count). The smallest absolute Gasteiger partial charge is 0.410 e. The first-order valence-electron chi connectivity index (χ1n) is 11.5. The maximum absolute atomic E-state index is 12.9. The Bertz CT molecular complexity index is 961. The minimum Gasteiger partial charge on any atom is -0.444 e. The number of benzene rings is 1. The Morgan fingerprint density at radius 2 is 1.79 bits per heavy atom. The van der Waals surface area contributed by atoms with Crippen LogP contribution in [0.4, 0.5) is 4.79 Å². The van der Waals surface area contributed by atoms with Gasteiger partial charge in [0, 0.05) is 38.2 Å². The van der Waals surface area contributed by atoms with E-state index < -0.39 is 5.60 Å². The van der Waals surface area contributed by atoms with Gasteiger partial charge >= 0.3 is 12.1 Å². The highest BCUT2D eigenvalue weighted by atomic mass is 16.6. The van der Waals surface area contributed by atoms with Crippen LogP contribution in [0.3, 0.4) is 0 Å². The monoisotopic (exact) mass is 457 g/mol. The number of likely N-dealkylation sites (tertiary alicyclic amines) is 1. The second-order valence-electron chi connectivity index (χ2n) is 9.93. The van der Waals surface area contributed by atoms with Crippen molar-refractivity contribution >= 4 is 23.9 Å². The second kappa shape index (κ2) is 9.13. The summed E-state index contributed by atoms with van der Waals surface area (Å²) < 4.78 is 11.2. The Labute approximate surface area is 193 Å². The van der Waals surface area contributed by atoms with Crippen LogP contribution in [0, 0.1) is 5.92 Å². The molecule has 2 saturated heterocycles. The highest BCUT2D eigenvalue weighted by Gasteiger charge is 2.36. The zero-order valence-electron chi connectivity index (χ0n) is 19.4. The molecule has 9 heteroatoms. The summed E-state index contributed by atoms with van der Waals surface area (Å²) in [5.41, 5.74) is 1.37. The Morgan fingerprint density at radius 3 is 2.45 bits per heavy atom. The lowest BCUT2D eigenvalue weighted by Gasteiger charge is -2.32. The lowest BCUT2D eigenvalue weighted by atomic mass is 9.97. The minimum atomic E-state index is -0.553. The molecule has 9 nitrogen and oxygen atoms in total. The van der Waals surface area contributed by atoms with Crippen molar-refractivity contribution in [1.29, 1.82) is 0 Å². The van der Waals surface area contributed by atoms with Gasteiger partial charge in [-0.15, -0.1) is 0 Å². The number of carbonyl (C=O) groups excluding carboxylic acids is 4. The van der Waals surface area contributed by atoms with Crippen molar-refractivity contribution in [2.45, 2.75) is 71.2 Å². The van der Waals surface area contributed by atoms with Gasteiger partial charge in [-0.3, -0.25) is 24.6 Å². The van der Waals surface area contributed by atoms with E-state index in [4.69, 9.17) is 9.47 Å². The molecular weight excluding hydrogens is 426 g/mol. The fourth-order valence-electron chi connectivity index (χ4n) is 4.58. The van der Waals surface area contributed by atoms with Gasteiger partial charge in [0.2, 0.25) is 11.8 Å². The number of amides is 3. The van der Waals surface area contributed by atoms with E-state index in [0.717, 1.165) is 11.1 Å².